The van der Waals surface area contributed by atoms with Crippen molar-refractivity contribution in [2.75, 3.05) is 63.2 Å². The summed E-state index contributed by atoms with van der Waals surface area (Å²) in [6.45, 7) is 5.01. The third-order valence-electron chi connectivity index (χ3n) is 6.10. The third kappa shape index (κ3) is 4.27. The molecule has 0 amide bonds. The average Bonchev–Trinajstić information content (AvgIpc) is 3.65. The van der Waals surface area contributed by atoms with Gasteiger partial charge in [-0.2, -0.15) is 0 Å². The second kappa shape index (κ2) is 8.99. The molecule has 32 heavy (non-hydrogen) atoms. The van der Waals surface area contributed by atoms with Gasteiger partial charge in [0.2, 0.25) is 0 Å². The van der Waals surface area contributed by atoms with E-state index in [1.54, 1.807) is 30.3 Å². The summed E-state index contributed by atoms with van der Waals surface area (Å²) in [6.07, 6.45) is -0.476. The highest BCUT2D eigenvalue weighted by Crippen LogP contribution is 2.36. The van der Waals surface area contributed by atoms with Crippen LogP contribution in [0.15, 0.2) is 36.4 Å². The van der Waals surface area contributed by atoms with Crippen molar-refractivity contribution in [1.29, 1.82) is 0 Å². The number of hydrogen-bond donors (Lipinski definition) is 3. The molecule has 0 spiro atoms. The molecule has 2 unspecified atom stereocenters. The van der Waals surface area contributed by atoms with E-state index in [2.05, 4.69) is 15.5 Å². The van der Waals surface area contributed by atoms with Crippen LogP contribution in [0, 0.1) is 0 Å². The third-order valence-corrected chi connectivity index (χ3v) is 6.10. The molecule has 0 saturated carbocycles. The SMILES string of the molecule is O=C1c2ccccc2C(=O)c2c(NCC3CO3)ccc(NCC(O)CN3CCOCC3)c21. The van der Waals surface area contributed by atoms with Crippen molar-refractivity contribution < 1.29 is 24.2 Å². The van der Waals surface area contributed by atoms with Crippen molar-refractivity contribution in [2.24, 2.45) is 0 Å². The molecule has 2 aromatic rings. The lowest BCUT2D eigenvalue weighted by atomic mass is 9.82. The molecule has 3 N–H and O–H groups in total. The Hall–Kier alpha value is -2.78. The van der Waals surface area contributed by atoms with Crippen LogP contribution in [0.3, 0.4) is 0 Å². The van der Waals surface area contributed by atoms with Gasteiger partial charge in [-0.1, -0.05) is 24.3 Å². The van der Waals surface area contributed by atoms with Crippen LogP contribution in [0.5, 0.6) is 0 Å². The van der Waals surface area contributed by atoms with Crippen LogP contribution in [0.4, 0.5) is 11.4 Å². The number of rotatable bonds is 8. The van der Waals surface area contributed by atoms with Gasteiger partial charge in [-0.25, -0.2) is 0 Å². The van der Waals surface area contributed by atoms with Gasteiger partial charge in [0.25, 0.3) is 0 Å². The summed E-state index contributed by atoms with van der Waals surface area (Å²) in [5.41, 5.74) is 2.74. The van der Waals surface area contributed by atoms with Crippen LogP contribution in [-0.2, 0) is 9.47 Å². The van der Waals surface area contributed by atoms with E-state index in [0.29, 0.717) is 66.5 Å². The molecule has 2 heterocycles. The second-order valence-corrected chi connectivity index (χ2v) is 8.40. The number of morpholine rings is 1. The second-order valence-electron chi connectivity index (χ2n) is 8.40. The maximum atomic E-state index is 13.4. The highest BCUT2D eigenvalue weighted by molar-refractivity contribution is 6.31. The fourth-order valence-electron chi connectivity index (χ4n) is 4.30. The Labute approximate surface area is 186 Å². The Morgan fingerprint density at radius 3 is 2.16 bits per heavy atom. The van der Waals surface area contributed by atoms with E-state index < -0.39 is 6.10 Å². The monoisotopic (exact) mass is 437 g/mol. The fraction of sp³-hybridized carbons (Fsp3) is 0.417. The van der Waals surface area contributed by atoms with Crippen molar-refractivity contribution in [3.63, 3.8) is 0 Å². The number of nitrogens with zero attached hydrogens (tertiary/aromatic N) is 1. The normalized spacial score (nSPS) is 21.0. The number of ether oxygens (including phenoxy) is 2. The number of nitrogens with one attached hydrogen (secondary N) is 2. The highest BCUT2D eigenvalue weighted by atomic mass is 16.6. The summed E-state index contributed by atoms with van der Waals surface area (Å²) in [5.74, 6) is -0.362. The topological polar surface area (TPSA) is 103 Å². The van der Waals surface area contributed by atoms with Gasteiger partial charge in [-0.15, -0.1) is 0 Å². The first kappa shape index (κ1) is 21.1. The van der Waals surface area contributed by atoms with Gasteiger partial charge in [-0.3, -0.25) is 14.5 Å². The van der Waals surface area contributed by atoms with E-state index in [9.17, 15) is 14.7 Å². The van der Waals surface area contributed by atoms with Gasteiger partial charge in [-0.05, 0) is 12.1 Å². The predicted octanol–water partition coefficient (Wildman–Crippen LogP) is 1.38. The number of β-amino-alcohol motifs (C(OH)–C–C–N with tert-alkyl or cyclic N) is 1. The highest BCUT2D eigenvalue weighted by Gasteiger charge is 2.34. The Morgan fingerprint density at radius 1 is 0.969 bits per heavy atom. The minimum Gasteiger partial charge on any atom is -0.390 e. The minimum atomic E-state index is -0.616. The molecule has 8 heteroatoms. The van der Waals surface area contributed by atoms with E-state index in [1.165, 1.54) is 0 Å². The van der Waals surface area contributed by atoms with E-state index in [0.717, 1.165) is 13.1 Å². The number of aliphatic hydroxyl groups is 1. The number of anilines is 2. The van der Waals surface area contributed by atoms with Gasteiger partial charge in [0.1, 0.15) is 0 Å². The lowest BCUT2D eigenvalue weighted by Gasteiger charge is -2.29. The number of fused-ring (bicyclic) bond motifs is 2. The summed E-state index contributed by atoms with van der Waals surface area (Å²) in [7, 11) is 0. The number of carbonyl (C=O) groups excluding carboxylic acids is 2. The largest absolute Gasteiger partial charge is 0.390 e. The summed E-state index contributed by atoms with van der Waals surface area (Å²) in [6, 6.07) is 10.5. The molecular weight excluding hydrogens is 410 g/mol. The number of ketones is 2. The van der Waals surface area contributed by atoms with Gasteiger partial charge < -0.3 is 25.2 Å². The number of carbonyl (C=O) groups is 2. The lowest BCUT2D eigenvalue weighted by molar-refractivity contribution is 0.0171. The van der Waals surface area contributed by atoms with Crippen molar-refractivity contribution in [3.05, 3.63) is 58.7 Å². The molecule has 2 saturated heterocycles. The molecule has 1 aliphatic carbocycles. The quantitative estimate of drug-likeness (QED) is 0.454. The molecule has 8 nitrogen and oxygen atoms in total. The van der Waals surface area contributed by atoms with Crippen LogP contribution in [0.1, 0.15) is 31.8 Å². The molecule has 0 radical (unpaired) electrons. The van der Waals surface area contributed by atoms with E-state index >= 15 is 0 Å². The van der Waals surface area contributed by atoms with Gasteiger partial charge >= 0.3 is 0 Å². The Kier molecular flexibility index (Phi) is 5.93. The Morgan fingerprint density at radius 2 is 1.56 bits per heavy atom. The standard InChI is InChI=1S/C24H27N3O5/c28-15(13-27-7-9-31-10-8-27)11-25-19-5-6-20(26-12-16-14-32-16)22-21(19)23(29)17-3-1-2-4-18(17)24(22)30/h1-6,15-16,25-26,28H,7-14H2. The molecular formula is C24H27N3O5. The molecule has 5 rings (SSSR count). The van der Waals surface area contributed by atoms with Crippen molar-refractivity contribution >= 4 is 22.9 Å². The van der Waals surface area contributed by atoms with E-state index in [-0.39, 0.29) is 24.2 Å². The summed E-state index contributed by atoms with van der Waals surface area (Å²) in [4.78, 5) is 28.9. The number of epoxide rings is 1. The van der Waals surface area contributed by atoms with Crippen molar-refractivity contribution in [2.45, 2.75) is 12.2 Å². The first-order chi connectivity index (χ1) is 15.6. The maximum absolute atomic E-state index is 13.4. The smallest absolute Gasteiger partial charge is 0.196 e. The molecule has 2 atom stereocenters. The summed E-state index contributed by atoms with van der Waals surface area (Å²) in [5, 5.41) is 17.0. The molecule has 2 fully saturated rings. The van der Waals surface area contributed by atoms with Crippen LogP contribution in [0.25, 0.3) is 0 Å². The van der Waals surface area contributed by atoms with Gasteiger partial charge in [0.15, 0.2) is 11.6 Å². The Bertz CT molecular complexity index is 1030. The fourth-order valence-corrected chi connectivity index (χ4v) is 4.30. The maximum Gasteiger partial charge on any atom is 0.196 e. The molecule has 0 aromatic heterocycles. The predicted molar refractivity (Wildman–Crippen MR) is 120 cm³/mol. The summed E-state index contributed by atoms with van der Waals surface area (Å²) >= 11 is 0. The number of benzene rings is 2. The minimum absolute atomic E-state index is 0.139. The van der Waals surface area contributed by atoms with E-state index in [1.807, 2.05) is 6.07 Å². The number of aliphatic hydroxyl groups excluding tert-OH is 1. The van der Waals surface area contributed by atoms with Crippen LogP contribution in [-0.4, -0.2) is 86.3 Å². The zero-order valence-electron chi connectivity index (χ0n) is 17.8. The first-order valence-electron chi connectivity index (χ1n) is 11.0. The van der Waals surface area contributed by atoms with Gasteiger partial charge in [0.05, 0.1) is 43.2 Å². The molecule has 2 aromatic carbocycles. The Balaban J connectivity index is 1.40. The van der Waals surface area contributed by atoms with Crippen molar-refractivity contribution in [1.82, 2.24) is 4.90 Å². The van der Waals surface area contributed by atoms with Crippen molar-refractivity contribution in [3.8, 4) is 0 Å². The average molecular weight is 437 g/mol. The van der Waals surface area contributed by atoms with E-state index in [4.69, 9.17) is 9.47 Å². The molecule has 0 bridgehead atoms. The first-order valence-corrected chi connectivity index (χ1v) is 11.0. The van der Waals surface area contributed by atoms with Crippen LogP contribution < -0.4 is 10.6 Å². The van der Waals surface area contributed by atoms with Crippen LogP contribution in [0.2, 0.25) is 0 Å². The summed E-state index contributed by atoms with van der Waals surface area (Å²) < 4.78 is 10.6. The molecule has 2 aliphatic heterocycles. The van der Waals surface area contributed by atoms with Gasteiger partial charge in [0, 0.05) is 55.2 Å². The lowest BCUT2D eigenvalue weighted by Crippen LogP contribution is -2.42. The molecule has 168 valence electrons. The zero-order valence-corrected chi connectivity index (χ0v) is 17.8. The zero-order chi connectivity index (χ0) is 22.1. The molecule has 3 aliphatic rings. The van der Waals surface area contributed by atoms with Crippen LogP contribution >= 0.6 is 0 Å². The number of hydrogen-bond acceptors (Lipinski definition) is 8.